The number of benzene rings is 7. The van der Waals surface area contributed by atoms with Crippen LogP contribution in [-0.4, -0.2) is 15.0 Å². The molecule has 1 aromatic heterocycles. The highest BCUT2D eigenvalue weighted by atomic mass is 15.0. The van der Waals surface area contributed by atoms with Crippen LogP contribution < -0.4 is 0 Å². The lowest BCUT2D eigenvalue weighted by atomic mass is 9.95. The minimum absolute atomic E-state index is 0.625. The Labute approximate surface area is 280 Å². The molecule has 0 saturated heterocycles. The van der Waals surface area contributed by atoms with Gasteiger partial charge in [-0.15, -0.1) is 0 Å². The normalized spacial score (nSPS) is 10.9. The van der Waals surface area contributed by atoms with E-state index >= 15 is 0 Å². The molecule has 8 rings (SSSR count). The number of aromatic nitrogens is 3. The fourth-order valence-corrected chi connectivity index (χ4v) is 6.05. The van der Waals surface area contributed by atoms with Crippen LogP contribution in [0.1, 0.15) is 0 Å². The Morgan fingerprint density at radius 2 is 0.396 bits per heavy atom. The lowest BCUT2D eigenvalue weighted by Gasteiger charge is -2.14. The van der Waals surface area contributed by atoms with Crippen LogP contribution in [0.3, 0.4) is 0 Å². The van der Waals surface area contributed by atoms with Gasteiger partial charge in [0.1, 0.15) is 0 Å². The molecule has 226 valence electrons. The molecule has 0 unspecified atom stereocenters. The molecule has 48 heavy (non-hydrogen) atoms. The first-order valence-electron chi connectivity index (χ1n) is 16.1. The van der Waals surface area contributed by atoms with E-state index in [1.54, 1.807) is 0 Å². The first-order valence-corrected chi connectivity index (χ1v) is 16.1. The molecular weight excluding hydrogens is 583 g/mol. The van der Waals surface area contributed by atoms with Crippen molar-refractivity contribution in [1.29, 1.82) is 0 Å². The molecule has 0 aliphatic rings. The maximum absolute atomic E-state index is 5.22. The average molecular weight is 614 g/mol. The van der Waals surface area contributed by atoms with Crippen LogP contribution >= 0.6 is 0 Å². The molecule has 7 aromatic carbocycles. The largest absolute Gasteiger partial charge is 0.208 e. The van der Waals surface area contributed by atoms with Crippen LogP contribution in [0.2, 0.25) is 0 Å². The molecule has 0 bridgehead atoms. The highest BCUT2D eigenvalue weighted by molar-refractivity contribution is 5.82. The van der Waals surface area contributed by atoms with Gasteiger partial charge in [-0.3, -0.25) is 0 Å². The molecule has 0 spiro atoms. The Balaban J connectivity index is 1.36. The molecule has 1 heterocycles. The Morgan fingerprint density at radius 1 is 0.188 bits per heavy atom. The van der Waals surface area contributed by atoms with E-state index < -0.39 is 0 Å². The number of hydrogen-bond acceptors (Lipinski definition) is 3. The highest BCUT2D eigenvalue weighted by Gasteiger charge is 2.16. The molecule has 8 aromatic rings. The average Bonchev–Trinajstić information content (AvgIpc) is 3.19. The van der Waals surface area contributed by atoms with Crippen molar-refractivity contribution in [3.63, 3.8) is 0 Å². The highest BCUT2D eigenvalue weighted by Crippen LogP contribution is 2.35. The summed E-state index contributed by atoms with van der Waals surface area (Å²) in [4.78, 5) is 15.4. The second-order valence-electron chi connectivity index (χ2n) is 11.7. The van der Waals surface area contributed by atoms with Crippen LogP contribution in [0.5, 0.6) is 0 Å². The van der Waals surface area contributed by atoms with Gasteiger partial charge in [0.05, 0.1) is 0 Å². The molecule has 0 saturated carbocycles. The van der Waals surface area contributed by atoms with Crippen LogP contribution in [0, 0.1) is 0 Å². The zero-order chi connectivity index (χ0) is 32.1. The predicted octanol–water partition coefficient (Wildman–Crippen LogP) is 11.5. The zero-order valence-corrected chi connectivity index (χ0v) is 26.2. The van der Waals surface area contributed by atoms with Crippen LogP contribution in [-0.2, 0) is 0 Å². The summed E-state index contributed by atoms with van der Waals surface area (Å²) in [5.74, 6) is 1.88. The third-order valence-electron chi connectivity index (χ3n) is 8.48. The van der Waals surface area contributed by atoms with Gasteiger partial charge < -0.3 is 0 Å². The molecule has 3 heteroatoms. The van der Waals surface area contributed by atoms with Gasteiger partial charge in [0.25, 0.3) is 0 Å². The quantitative estimate of drug-likeness (QED) is 0.179. The van der Waals surface area contributed by atoms with Crippen LogP contribution in [0.15, 0.2) is 188 Å². The summed E-state index contributed by atoms with van der Waals surface area (Å²) >= 11 is 0. The second-order valence-corrected chi connectivity index (χ2v) is 11.7. The maximum Gasteiger partial charge on any atom is 0.164 e. The molecule has 0 atom stereocenters. The van der Waals surface area contributed by atoms with Crippen molar-refractivity contribution < 1.29 is 0 Å². The molecule has 0 aliphatic heterocycles. The number of nitrogens with zero attached hydrogens (tertiary/aromatic N) is 3. The first-order chi connectivity index (χ1) is 23.8. The molecule has 0 aliphatic carbocycles. The van der Waals surface area contributed by atoms with Crippen molar-refractivity contribution in [2.45, 2.75) is 0 Å². The smallest absolute Gasteiger partial charge is 0.164 e. The lowest BCUT2D eigenvalue weighted by molar-refractivity contribution is 1.07. The monoisotopic (exact) mass is 613 g/mol. The van der Waals surface area contributed by atoms with Crippen molar-refractivity contribution in [3.8, 4) is 78.7 Å². The van der Waals surface area contributed by atoms with Gasteiger partial charge in [-0.2, -0.15) is 0 Å². The van der Waals surface area contributed by atoms with Gasteiger partial charge in [0.2, 0.25) is 0 Å². The van der Waals surface area contributed by atoms with Gasteiger partial charge in [-0.1, -0.05) is 152 Å². The Hall–Kier alpha value is -6.45. The first kappa shape index (κ1) is 29.0. The van der Waals surface area contributed by atoms with Crippen molar-refractivity contribution in [2.24, 2.45) is 0 Å². The minimum atomic E-state index is 0.625. The van der Waals surface area contributed by atoms with E-state index in [4.69, 9.17) is 15.0 Å². The van der Waals surface area contributed by atoms with Gasteiger partial charge in [-0.25, -0.2) is 15.0 Å². The molecule has 3 nitrogen and oxygen atoms in total. The van der Waals surface area contributed by atoms with E-state index in [0.717, 1.165) is 61.2 Å². The van der Waals surface area contributed by atoms with E-state index in [0.29, 0.717) is 17.5 Å². The predicted molar refractivity (Wildman–Crippen MR) is 198 cm³/mol. The maximum atomic E-state index is 5.22. The Bertz CT molecular complexity index is 2040. The SMILES string of the molecule is c1ccc(-c2cc(-c3ccccc3)cc(-c3nc(-c4ccccc4)nc(-c4cc(-c5ccccc5)cc(-c5ccccc5)c4)n3)c2)cc1. The topological polar surface area (TPSA) is 38.7 Å². The Kier molecular flexibility index (Phi) is 7.92. The van der Waals surface area contributed by atoms with Crippen molar-refractivity contribution in [3.05, 3.63) is 188 Å². The number of rotatable bonds is 7. The summed E-state index contributed by atoms with van der Waals surface area (Å²) in [6, 6.07) is 65.3. The zero-order valence-electron chi connectivity index (χ0n) is 26.2. The standard InChI is InChI=1S/C45H31N3/c1-6-16-32(17-7-1)37-26-38(33-18-8-2-9-19-33)29-41(28-37)44-46-43(36-24-14-5-15-25-36)47-45(48-44)42-30-39(34-20-10-3-11-21-34)27-40(31-42)35-22-12-4-13-23-35/h1-31H. The van der Waals surface area contributed by atoms with E-state index in [2.05, 4.69) is 146 Å². The molecular formula is C45H31N3. The lowest BCUT2D eigenvalue weighted by Crippen LogP contribution is -2.01. The molecule has 0 amide bonds. The van der Waals surface area contributed by atoms with E-state index in [-0.39, 0.29) is 0 Å². The number of hydrogen-bond donors (Lipinski definition) is 0. The van der Waals surface area contributed by atoms with Crippen molar-refractivity contribution in [1.82, 2.24) is 15.0 Å². The van der Waals surface area contributed by atoms with Gasteiger partial charge in [0, 0.05) is 16.7 Å². The minimum Gasteiger partial charge on any atom is -0.208 e. The summed E-state index contributed by atoms with van der Waals surface area (Å²) in [5, 5.41) is 0. The molecule has 0 radical (unpaired) electrons. The summed E-state index contributed by atoms with van der Waals surface area (Å²) < 4.78 is 0. The summed E-state index contributed by atoms with van der Waals surface area (Å²) in [6.45, 7) is 0. The summed E-state index contributed by atoms with van der Waals surface area (Å²) in [7, 11) is 0. The van der Waals surface area contributed by atoms with E-state index in [1.165, 1.54) is 0 Å². The van der Waals surface area contributed by atoms with Gasteiger partial charge in [0.15, 0.2) is 17.5 Å². The van der Waals surface area contributed by atoms with E-state index in [1.807, 2.05) is 42.5 Å². The van der Waals surface area contributed by atoms with Crippen molar-refractivity contribution >= 4 is 0 Å². The third kappa shape index (κ3) is 6.18. The summed E-state index contributed by atoms with van der Waals surface area (Å²) in [6.07, 6.45) is 0. The van der Waals surface area contributed by atoms with Gasteiger partial charge >= 0.3 is 0 Å². The van der Waals surface area contributed by atoms with Crippen LogP contribution in [0.25, 0.3) is 78.7 Å². The van der Waals surface area contributed by atoms with Gasteiger partial charge in [-0.05, 0) is 80.9 Å². The summed E-state index contributed by atoms with van der Waals surface area (Å²) in [5.41, 5.74) is 11.8. The fraction of sp³-hybridized carbons (Fsp3) is 0. The second kappa shape index (κ2) is 13.1. The van der Waals surface area contributed by atoms with Crippen molar-refractivity contribution in [2.75, 3.05) is 0 Å². The van der Waals surface area contributed by atoms with E-state index in [9.17, 15) is 0 Å². The van der Waals surface area contributed by atoms with Crippen LogP contribution in [0.4, 0.5) is 0 Å². The molecule has 0 N–H and O–H groups in total. The fourth-order valence-electron chi connectivity index (χ4n) is 6.05. The third-order valence-corrected chi connectivity index (χ3v) is 8.48. The molecule has 0 fully saturated rings. The Morgan fingerprint density at radius 3 is 0.667 bits per heavy atom.